The Labute approximate surface area is 144 Å². The van der Waals surface area contributed by atoms with Gasteiger partial charge >= 0.3 is 0 Å². The molecule has 1 amide bonds. The summed E-state index contributed by atoms with van der Waals surface area (Å²) in [5.41, 5.74) is 1.79. The van der Waals surface area contributed by atoms with E-state index >= 15 is 0 Å². The average molecular weight is 332 g/mol. The lowest BCUT2D eigenvalue weighted by atomic mass is 10.1. The molecule has 5 nitrogen and oxygen atoms in total. The first kappa shape index (κ1) is 17.2. The molecular formula is C19H28N2O3. The molecule has 2 fully saturated rings. The number of nitrogens with one attached hydrogen (secondary N) is 1. The van der Waals surface area contributed by atoms with Gasteiger partial charge in [-0.1, -0.05) is 0 Å². The Balaban J connectivity index is 1.50. The van der Waals surface area contributed by atoms with Crippen LogP contribution in [0.5, 0.6) is 0 Å². The maximum Gasteiger partial charge on any atom is 0.254 e. The van der Waals surface area contributed by atoms with Gasteiger partial charge in [0.25, 0.3) is 5.91 Å². The lowest BCUT2D eigenvalue weighted by Crippen LogP contribution is -2.48. The van der Waals surface area contributed by atoms with Crippen LogP contribution in [0.2, 0.25) is 0 Å². The second-order valence-corrected chi connectivity index (χ2v) is 6.90. The van der Waals surface area contributed by atoms with Crippen LogP contribution in [0.25, 0.3) is 0 Å². The van der Waals surface area contributed by atoms with E-state index in [1.165, 1.54) is 12.8 Å². The van der Waals surface area contributed by atoms with Gasteiger partial charge in [0.2, 0.25) is 0 Å². The normalized spacial score (nSPS) is 27.2. The molecule has 3 atom stereocenters. The molecule has 3 unspecified atom stereocenters. The Morgan fingerprint density at radius 2 is 1.92 bits per heavy atom. The third-order valence-electron chi connectivity index (χ3n) is 4.66. The number of hydrogen-bond donors (Lipinski definition) is 1. The standard InChI is InChI=1S/C19H28N2O3/c1-14-12-21(13-15(2)24-14)19(22)16-5-7-17(8-6-16)20-10-9-18-4-3-11-23-18/h5-8,14-15,18,20H,3-4,9-13H2,1-2H3. The SMILES string of the molecule is CC1CN(C(=O)c2ccc(NCCC3CCCO3)cc2)CC(C)O1. The lowest BCUT2D eigenvalue weighted by Gasteiger charge is -2.35. The lowest BCUT2D eigenvalue weighted by molar-refractivity contribution is -0.0586. The second-order valence-electron chi connectivity index (χ2n) is 6.90. The zero-order valence-electron chi connectivity index (χ0n) is 14.7. The van der Waals surface area contributed by atoms with E-state index in [1.54, 1.807) is 0 Å². The highest BCUT2D eigenvalue weighted by Gasteiger charge is 2.26. The highest BCUT2D eigenvalue weighted by Crippen LogP contribution is 2.18. The van der Waals surface area contributed by atoms with E-state index in [2.05, 4.69) is 5.32 Å². The van der Waals surface area contributed by atoms with Crippen molar-refractivity contribution in [3.8, 4) is 0 Å². The number of anilines is 1. The second kappa shape index (κ2) is 7.99. The zero-order chi connectivity index (χ0) is 16.9. The van der Waals surface area contributed by atoms with Gasteiger partial charge in [-0.3, -0.25) is 4.79 Å². The number of carbonyl (C=O) groups excluding carboxylic acids is 1. The molecule has 0 saturated carbocycles. The van der Waals surface area contributed by atoms with Crippen LogP contribution in [0.4, 0.5) is 5.69 Å². The summed E-state index contributed by atoms with van der Waals surface area (Å²) in [4.78, 5) is 14.5. The average Bonchev–Trinajstić information content (AvgIpc) is 3.07. The molecule has 132 valence electrons. The van der Waals surface area contributed by atoms with E-state index in [1.807, 2.05) is 43.0 Å². The molecule has 1 aromatic rings. The van der Waals surface area contributed by atoms with Crippen molar-refractivity contribution in [2.24, 2.45) is 0 Å². The van der Waals surface area contributed by atoms with Gasteiger partial charge < -0.3 is 19.7 Å². The third-order valence-corrected chi connectivity index (χ3v) is 4.66. The van der Waals surface area contributed by atoms with Crippen LogP contribution >= 0.6 is 0 Å². The molecule has 2 aliphatic rings. The van der Waals surface area contributed by atoms with Crippen molar-refractivity contribution in [3.05, 3.63) is 29.8 Å². The number of ether oxygens (including phenoxy) is 2. The molecular weight excluding hydrogens is 304 g/mol. The van der Waals surface area contributed by atoms with Gasteiger partial charge in [-0.2, -0.15) is 0 Å². The van der Waals surface area contributed by atoms with Crippen LogP contribution < -0.4 is 5.32 Å². The largest absolute Gasteiger partial charge is 0.385 e. The number of benzene rings is 1. The van der Waals surface area contributed by atoms with Gasteiger partial charge in [-0.15, -0.1) is 0 Å². The topological polar surface area (TPSA) is 50.8 Å². The molecule has 0 bridgehead atoms. The number of nitrogens with zero attached hydrogens (tertiary/aromatic N) is 1. The Morgan fingerprint density at radius 1 is 1.21 bits per heavy atom. The summed E-state index contributed by atoms with van der Waals surface area (Å²) in [5.74, 6) is 0.0860. The number of rotatable bonds is 5. The molecule has 2 saturated heterocycles. The predicted octanol–water partition coefficient (Wildman–Crippen LogP) is 2.92. The molecule has 1 aromatic carbocycles. The van der Waals surface area contributed by atoms with Crippen LogP contribution in [-0.4, -0.2) is 55.4 Å². The maximum absolute atomic E-state index is 12.6. The van der Waals surface area contributed by atoms with Crippen molar-refractivity contribution in [2.75, 3.05) is 31.6 Å². The molecule has 2 aliphatic heterocycles. The van der Waals surface area contributed by atoms with Crippen LogP contribution in [0, 0.1) is 0 Å². The zero-order valence-corrected chi connectivity index (χ0v) is 14.7. The summed E-state index contributed by atoms with van der Waals surface area (Å²) < 4.78 is 11.3. The molecule has 0 aromatic heterocycles. The summed E-state index contributed by atoms with van der Waals surface area (Å²) in [6, 6.07) is 7.77. The van der Waals surface area contributed by atoms with E-state index in [0.717, 1.165) is 30.8 Å². The van der Waals surface area contributed by atoms with Gasteiger partial charge in [0, 0.05) is 37.5 Å². The van der Waals surface area contributed by atoms with E-state index in [9.17, 15) is 4.79 Å². The van der Waals surface area contributed by atoms with Gasteiger partial charge in [-0.05, 0) is 57.4 Å². The van der Waals surface area contributed by atoms with Crippen molar-refractivity contribution in [1.29, 1.82) is 0 Å². The molecule has 0 spiro atoms. The highest BCUT2D eigenvalue weighted by molar-refractivity contribution is 5.94. The summed E-state index contributed by atoms with van der Waals surface area (Å²) in [6.07, 6.45) is 3.98. The van der Waals surface area contributed by atoms with Crippen LogP contribution in [0.1, 0.15) is 43.5 Å². The fourth-order valence-electron chi connectivity index (χ4n) is 3.51. The first-order valence-corrected chi connectivity index (χ1v) is 9.02. The van der Waals surface area contributed by atoms with Gasteiger partial charge in [0.15, 0.2) is 0 Å². The van der Waals surface area contributed by atoms with E-state index in [4.69, 9.17) is 9.47 Å². The molecule has 0 radical (unpaired) electrons. The minimum absolute atomic E-state index is 0.0860. The van der Waals surface area contributed by atoms with Crippen molar-refractivity contribution < 1.29 is 14.3 Å². The number of hydrogen-bond acceptors (Lipinski definition) is 4. The Bertz CT molecular complexity index is 530. The number of amides is 1. The van der Waals surface area contributed by atoms with Crippen molar-refractivity contribution >= 4 is 11.6 Å². The van der Waals surface area contributed by atoms with Gasteiger partial charge in [0.1, 0.15) is 0 Å². The molecule has 0 aliphatic carbocycles. The highest BCUT2D eigenvalue weighted by atomic mass is 16.5. The predicted molar refractivity (Wildman–Crippen MR) is 94.4 cm³/mol. The summed E-state index contributed by atoms with van der Waals surface area (Å²) in [7, 11) is 0. The van der Waals surface area contributed by atoms with Gasteiger partial charge in [0.05, 0.1) is 18.3 Å². The smallest absolute Gasteiger partial charge is 0.254 e. The first-order valence-electron chi connectivity index (χ1n) is 9.02. The van der Waals surface area contributed by atoms with Gasteiger partial charge in [-0.25, -0.2) is 0 Å². The molecule has 5 heteroatoms. The van der Waals surface area contributed by atoms with E-state index in [-0.39, 0.29) is 18.1 Å². The number of carbonyl (C=O) groups is 1. The quantitative estimate of drug-likeness (QED) is 0.901. The van der Waals surface area contributed by atoms with E-state index < -0.39 is 0 Å². The Hall–Kier alpha value is -1.59. The Kier molecular flexibility index (Phi) is 5.74. The van der Waals surface area contributed by atoms with Crippen LogP contribution in [-0.2, 0) is 9.47 Å². The minimum atomic E-state index is 0.0860. The third kappa shape index (κ3) is 4.48. The summed E-state index contributed by atoms with van der Waals surface area (Å²) in [6.45, 7) is 7.14. The molecule has 3 rings (SSSR count). The Morgan fingerprint density at radius 3 is 2.54 bits per heavy atom. The fourth-order valence-corrected chi connectivity index (χ4v) is 3.51. The fraction of sp³-hybridized carbons (Fsp3) is 0.632. The molecule has 2 heterocycles. The van der Waals surface area contributed by atoms with Crippen molar-refractivity contribution in [3.63, 3.8) is 0 Å². The van der Waals surface area contributed by atoms with Crippen LogP contribution in [0.3, 0.4) is 0 Å². The van der Waals surface area contributed by atoms with Crippen molar-refractivity contribution in [1.82, 2.24) is 4.90 Å². The van der Waals surface area contributed by atoms with E-state index in [0.29, 0.717) is 19.2 Å². The monoisotopic (exact) mass is 332 g/mol. The number of morpholine rings is 1. The van der Waals surface area contributed by atoms with Crippen LogP contribution in [0.15, 0.2) is 24.3 Å². The molecule has 1 N–H and O–H groups in total. The van der Waals surface area contributed by atoms with Crippen molar-refractivity contribution in [2.45, 2.75) is 51.4 Å². The maximum atomic E-state index is 12.6. The molecule has 24 heavy (non-hydrogen) atoms. The first-order chi connectivity index (χ1) is 11.6. The minimum Gasteiger partial charge on any atom is -0.385 e. The summed E-state index contributed by atoms with van der Waals surface area (Å²) in [5, 5.41) is 3.41. The summed E-state index contributed by atoms with van der Waals surface area (Å²) >= 11 is 0.